The molecule has 19 rings (SSSR count). The van der Waals surface area contributed by atoms with E-state index in [0.717, 1.165) is 145 Å². The number of piperazine rings is 4. The van der Waals surface area contributed by atoms with E-state index in [4.69, 9.17) is 4.74 Å². The molecule has 4 N–H and O–H groups in total. The number of unbranched alkanes of at least 4 members (excludes halogenated alkanes) is 5. The Morgan fingerprint density at radius 1 is 0.427 bits per heavy atom. The molecule has 0 atom stereocenters. The van der Waals surface area contributed by atoms with Gasteiger partial charge < -0.3 is 65.2 Å². The highest BCUT2D eigenvalue weighted by Gasteiger charge is 2.44. The first-order valence-corrected chi connectivity index (χ1v) is 48.6. The minimum absolute atomic E-state index is 0.0729. The van der Waals surface area contributed by atoms with Crippen molar-refractivity contribution in [3.63, 3.8) is 0 Å². The van der Waals surface area contributed by atoms with Crippen LogP contribution in [0.15, 0.2) is 164 Å². The van der Waals surface area contributed by atoms with Crippen LogP contribution in [0.1, 0.15) is 244 Å². The van der Waals surface area contributed by atoms with Gasteiger partial charge in [0.1, 0.15) is 11.4 Å². The summed E-state index contributed by atoms with van der Waals surface area (Å²) in [6, 6.07) is 37.6. The fraction of sp³-hybridized carbons (Fsp3) is 0.437. The zero-order valence-electron chi connectivity index (χ0n) is 79.4. The van der Waals surface area contributed by atoms with Gasteiger partial charge in [-0.05, 0) is 159 Å². The lowest BCUT2D eigenvalue weighted by molar-refractivity contribution is -0.138. The van der Waals surface area contributed by atoms with Crippen molar-refractivity contribution in [1.82, 2.24) is 60.5 Å². The van der Waals surface area contributed by atoms with Crippen LogP contribution in [-0.4, -0.2) is 234 Å². The van der Waals surface area contributed by atoms with Crippen LogP contribution in [-0.2, 0) is 31.1 Å². The maximum atomic E-state index is 13.8. The molecule has 5 fully saturated rings. The molecule has 6 aromatic carbocycles. The van der Waals surface area contributed by atoms with E-state index >= 15 is 0 Å². The second-order valence-electron chi connectivity index (χ2n) is 36.1. The summed E-state index contributed by atoms with van der Waals surface area (Å²) in [6.07, 6.45) is 1.07. The molecule has 40 heteroatoms. The van der Waals surface area contributed by atoms with Crippen molar-refractivity contribution < 1.29 is 101 Å². The van der Waals surface area contributed by atoms with Gasteiger partial charge in [0.05, 0.1) is 61.3 Å². The quantitative estimate of drug-likeness (QED) is 0.0313. The normalized spacial score (nSPS) is 16.6. The molecule has 143 heavy (non-hydrogen) atoms. The van der Waals surface area contributed by atoms with Crippen LogP contribution < -0.4 is 45.6 Å². The molecule has 0 radical (unpaired) electrons. The number of carbonyl (C=O) groups excluding carboxylic acids is 9. The Morgan fingerprint density at radius 3 is 1.57 bits per heavy atom. The van der Waals surface area contributed by atoms with Crippen LogP contribution in [0.4, 0.5) is 87.2 Å². The number of amides is 9. The number of carbonyl (C=O) groups is 9. The highest BCUT2D eigenvalue weighted by atomic mass is 19.4. The molecule has 10 aliphatic rings. The molecule has 1 aliphatic carbocycles. The van der Waals surface area contributed by atoms with E-state index in [9.17, 15) is 95.8 Å². The number of nitrogens with zero attached hydrogens (tertiary/aromatic N) is 14. The van der Waals surface area contributed by atoms with Crippen LogP contribution in [0.25, 0.3) is 0 Å². The van der Waals surface area contributed by atoms with Crippen molar-refractivity contribution in [3.05, 3.63) is 242 Å². The van der Waals surface area contributed by atoms with Crippen LogP contribution in [0.2, 0.25) is 0 Å². The molecule has 760 valence electrons. The molecule has 12 heterocycles. The lowest BCUT2D eigenvalue weighted by Gasteiger charge is -2.36. The summed E-state index contributed by atoms with van der Waals surface area (Å²) in [5, 5.41) is 28.1. The first-order chi connectivity index (χ1) is 68.6. The summed E-state index contributed by atoms with van der Waals surface area (Å²) in [5.41, 5.74) is -0.758. The predicted molar refractivity (Wildman–Crippen MR) is 513 cm³/mol. The molecule has 6 bridgehead atoms. The zero-order chi connectivity index (χ0) is 102. The second-order valence-corrected chi connectivity index (χ2v) is 36.1. The average molecular weight is 1990 g/mol. The molecule has 9 aromatic rings. The number of halogens is 12. The van der Waals surface area contributed by atoms with Gasteiger partial charge in [0.15, 0.2) is 23.1 Å². The number of nitrogens with one attached hydrogen (secondary N) is 4. The molecular weight excluding hydrogens is 1880 g/mol. The highest BCUT2D eigenvalue weighted by molar-refractivity contribution is 6.22. The van der Waals surface area contributed by atoms with Gasteiger partial charge in [-0.2, -0.15) is 52.7 Å². The molecule has 9 amide bonds. The van der Waals surface area contributed by atoms with Gasteiger partial charge in [-0.15, -0.1) is 20.4 Å². The summed E-state index contributed by atoms with van der Waals surface area (Å²) in [7, 11) is 0. The van der Waals surface area contributed by atoms with Crippen molar-refractivity contribution in [2.75, 3.05) is 161 Å². The number of anilines is 6. The van der Waals surface area contributed by atoms with E-state index in [1.54, 1.807) is 79.0 Å². The SMILES string of the molecule is CCCCCCNc1ccc(C(F)(F)F)c(C(=O)N2CCN(c3cc(C(=O)NCCCCC)ccn3)CC2)c1.O=C(c1ccccc1C(F)(F)F)N1CCN(c2ccc3c(c2)C(=O)N(CCC2CC2)C3=O)CC1.O=C1NCCCCCCCCCc2ccc(C(F)(F)F)c(c2)C(=O)N2CCN(CC2)c2ccc1nn2.O=C1Nc2ccccc2Oc2nnc(N3CCN(C(=O)c4ccccc4C(F)(F)F)CC3)cc21. The van der Waals surface area contributed by atoms with Crippen LogP contribution in [0, 0.1) is 5.92 Å². The molecule has 9 aliphatic heterocycles. The van der Waals surface area contributed by atoms with Gasteiger partial charge in [0.2, 0.25) is 0 Å². The average Bonchev–Trinajstić information content (AvgIpc) is 1.63. The third kappa shape index (κ3) is 27.3. The molecule has 1 saturated carbocycles. The van der Waals surface area contributed by atoms with Crippen LogP contribution >= 0.6 is 0 Å². The van der Waals surface area contributed by atoms with Gasteiger partial charge in [0, 0.05) is 160 Å². The number of ether oxygens (including phenoxy) is 1. The fourth-order valence-electron chi connectivity index (χ4n) is 17.9. The maximum Gasteiger partial charge on any atom is 0.417 e. The largest absolute Gasteiger partial charge is 0.435 e. The van der Waals surface area contributed by atoms with Gasteiger partial charge >= 0.3 is 24.7 Å². The van der Waals surface area contributed by atoms with Crippen molar-refractivity contribution in [2.24, 2.45) is 5.92 Å². The van der Waals surface area contributed by atoms with E-state index in [1.165, 1.54) is 85.2 Å². The van der Waals surface area contributed by atoms with Crippen molar-refractivity contribution >= 4 is 87.7 Å². The number of para-hydroxylation sites is 2. The first kappa shape index (κ1) is 105. The fourth-order valence-corrected chi connectivity index (χ4v) is 17.9. The third-order valence-electron chi connectivity index (χ3n) is 26.2. The number of fused-ring (bicyclic) bond motifs is 5. The van der Waals surface area contributed by atoms with Crippen molar-refractivity contribution in [3.8, 4) is 11.6 Å². The molecule has 3 aromatic heterocycles. The van der Waals surface area contributed by atoms with Gasteiger partial charge in [0.25, 0.3) is 59.0 Å². The Labute approximate surface area is 819 Å². The van der Waals surface area contributed by atoms with E-state index in [1.807, 2.05) is 19.6 Å². The number of hydrogen-bond acceptors (Lipinski definition) is 20. The van der Waals surface area contributed by atoms with E-state index in [-0.39, 0.29) is 115 Å². The minimum Gasteiger partial charge on any atom is -0.435 e. The Balaban J connectivity index is 0.000000151. The summed E-state index contributed by atoms with van der Waals surface area (Å²) in [4.78, 5) is 134. The van der Waals surface area contributed by atoms with Crippen molar-refractivity contribution in [1.29, 1.82) is 0 Å². The number of aromatic nitrogens is 5. The lowest BCUT2D eigenvalue weighted by atomic mass is 9.98. The number of pyridine rings is 1. The summed E-state index contributed by atoms with van der Waals surface area (Å²) in [6.45, 7) is 11.5. The second kappa shape index (κ2) is 47.7. The monoisotopic (exact) mass is 1990 g/mol. The van der Waals surface area contributed by atoms with Crippen LogP contribution in [0.5, 0.6) is 11.6 Å². The molecule has 0 unspecified atom stereocenters. The van der Waals surface area contributed by atoms with E-state index in [0.29, 0.717) is 142 Å². The standard InChI is InChI=1S/C29H40F3N5O2.C26H32F3N5O2.C25H24F3N3O3.C23H18F3N5O3/c1-3-5-7-9-13-33-23-10-11-25(29(30,31)32)24(21-23)28(39)37-18-16-36(17-19-37)26-20-22(12-15-34-26)27(38)35-14-8-6-4-2;27-26(28,29)21-10-9-19-8-6-4-2-1-3-5-7-13-30-24(35)22-11-12-23(32-31-22)33-14-16-34(17-15-33)25(36)20(21)18-19;26-25(27,28)21-4-2-1-3-19(21)22(32)30-13-11-29(12-14-30)17-7-8-18-20(15-17)24(34)31(23(18)33)10-9-16-5-6-16;24-23(25,26)16-6-2-1-5-14(16)22(33)31-11-9-30(10-12-31)19-13-15-20(32)27-17-7-3-4-8-18(17)34-21(15)29-28-19/h10-12,15,20-21,33H,3-9,13-14,16-19H2,1-2H3,(H,35,38);9-12,18H,1-8,13-17H2,(H,30,35);1-4,7-8,15-16H,5-6,9-14H2;1-8,13H,9-12H2,(H,27,32). The Bertz CT molecular complexity index is 5990. The summed E-state index contributed by atoms with van der Waals surface area (Å²) in [5.74, 6) is -1.19. The number of benzene rings is 6. The first-order valence-electron chi connectivity index (χ1n) is 48.6. The Morgan fingerprint density at radius 2 is 0.958 bits per heavy atom. The number of rotatable bonds is 20. The predicted octanol–water partition coefficient (Wildman–Crippen LogP) is 18.3. The number of alkyl halides is 12. The van der Waals surface area contributed by atoms with Crippen molar-refractivity contribution in [2.45, 2.75) is 154 Å². The van der Waals surface area contributed by atoms with Gasteiger partial charge in [-0.3, -0.25) is 48.1 Å². The smallest absolute Gasteiger partial charge is 0.417 e. The topological polar surface area (TPSA) is 305 Å². The van der Waals surface area contributed by atoms with E-state index < -0.39 is 76.5 Å². The lowest BCUT2D eigenvalue weighted by Crippen LogP contribution is -2.49. The summed E-state index contributed by atoms with van der Waals surface area (Å²) < 4.78 is 168. The minimum atomic E-state index is -4.63. The number of aryl methyl sites for hydroxylation is 1. The number of imide groups is 1. The molecule has 28 nitrogen and oxygen atoms in total. The Hall–Kier alpha value is -14.0. The van der Waals surface area contributed by atoms with Gasteiger partial charge in [-0.25, -0.2) is 4.98 Å². The zero-order valence-corrected chi connectivity index (χ0v) is 79.4. The molecule has 4 saturated heterocycles. The van der Waals surface area contributed by atoms with Gasteiger partial charge in [-0.1, -0.05) is 133 Å². The third-order valence-corrected chi connectivity index (χ3v) is 26.2. The highest BCUT2D eigenvalue weighted by Crippen LogP contribution is 2.42. The van der Waals surface area contributed by atoms with Crippen LogP contribution in [0.3, 0.4) is 0 Å². The number of hydrogen-bond donors (Lipinski definition) is 4. The van der Waals surface area contributed by atoms with E-state index in [2.05, 4.69) is 60.5 Å². The Kier molecular flexibility index (Phi) is 35.0. The molecule has 0 spiro atoms. The molecular formula is C103H114F12N18O10. The maximum absolute atomic E-state index is 13.8. The summed E-state index contributed by atoms with van der Waals surface area (Å²) >= 11 is 0.